The van der Waals surface area contributed by atoms with Gasteiger partial charge in [-0.1, -0.05) is 22.0 Å². The predicted octanol–water partition coefficient (Wildman–Crippen LogP) is 2.02. The van der Waals surface area contributed by atoms with E-state index in [4.69, 9.17) is 10.5 Å². The lowest BCUT2D eigenvalue weighted by atomic mass is 9.80. The van der Waals surface area contributed by atoms with Crippen molar-refractivity contribution in [1.29, 1.82) is 0 Å². The van der Waals surface area contributed by atoms with Gasteiger partial charge in [0, 0.05) is 10.9 Å². The number of ether oxygens (including phenoxy) is 1. The van der Waals surface area contributed by atoms with Gasteiger partial charge < -0.3 is 10.5 Å². The maximum atomic E-state index is 5.69. The summed E-state index contributed by atoms with van der Waals surface area (Å²) < 4.78 is 6.84. The van der Waals surface area contributed by atoms with E-state index in [1.165, 1.54) is 11.1 Å². The number of rotatable bonds is 0. The summed E-state index contributed by atoms with van der Waals surface area (Å²) in [6.45, 7) is 0.703. The molecule has 3 rings (SSSR count). The molecular weight excluding hydrogens is 268 g/mol. The zero-order valence-electron chi connectivity index (χ0n) is 8.87. The highest BCUT2D eigenvalue weighted by atomic mass is 79.9. The van der Waals surface area contributed by atoms with E-state index in [1.807, 2.05) is 0 Å². The van der Waals surface area contributed by atoms with Crippen LogP contribution in [0.1, 0.15) is 17.5 Å². The Morgan fingerprint density at radius 1 is 1.38 bits per heavy atom. The van der Waals surface area contributed by atoms with E-state index in [1.54, 1.807) is 0 Å². The molecule has 1 atom stereocenters. The minimum atomic E-state index is -0.162. The van der Waals surface area contributed by atoms with Crippen molar-refractivity contribution in [3.8, 4) is 0 Å². The van der Waals surface area contributed by atoms with Gasteiger partial charge in [-0.15, -0.1) is 0 Å². The first-order valence-corrected chi connectivity index (χ1v) is 6.22. The lowest BCUT2D eigenvalue weighted by Gasteiger charge is -2.33. The third-order valence-electron chi connectivity index (χ3n) is 3.38. The second-order valence-corrected chi connectivity index (χ2v) is 5.45. The first-order valence-electron chi connectivity index (χ1n) is 5.43. The van der Waals surface area contributed by atoms with Crippen LogP contribution in [-0.4, -0.2) is 18.2 Å². The molecule has 1 spiro atoms. The first-order chi connectivity index (χ1) is 7.67. The molecule has 2 aliphatic rings. The molecule has 0 fully saturated rings. The number of benzene rings is 1. The van der Waals surface area contributed by atoms with Gasteiger partial charge in [-0.25, -0.2) is 4.99 Å². The van der Waals surface area contributed by atoms with Crippen LogP contribution < -0.4 is 5.73 Å². The van der Waals surface area contributed by atoms with Gasteiger partial charge in [0.25, 0.3) is 6.02 Å². The summed E-state index contributed by atoms with van der Waals surface area (Å²) in [5.74, 6) is 0. The van der Waals surface area contributed by atoms with Gasteiger partial charge in [-0.05, 0) is 36.1 Å². The zero-order chi connectivity index (χ0) is 11.2. The molecule has 0 saturated heterocycles. The molecule has 0 bridgehead atoms. The quantitative estimate of drug-likeness (QED) is 0.791. The summed E-state index contributed by atoms with van der Waals surface area (Å²) in [6.07, 6.45) is 2.96. The monoisotopic (exact) mass is 280 g/mol. The summed E-state index contributed by atoms with van der Waals surface area (Å²) in [4.78, 5) is 4.17. The van der Waals surface area contributed by atoms with Crippen molar-refractivity contribution < 1.29 is 4.74 Å². The van der Waals surface area contributed by atoms with Crippen LogP contribution >= 0.6 is 15.9 Å². The number of hydrogen-bond donors (Lipinski definition) is 1. The van der Waals surface area contributed by atoms with Crippen LogP contribution in [0.25, 0.3) is 0 Å². The van der Waals surface area contributed by atoms with Crippen molar-refractivity contribution in [2.24, 2.45) is 10.7 Å². The van der Waals surface area contributed by atoms with Gasteiger partial charge in [0.2, 0.25) is 0 Å². The summed E-state index contributed by atoms with van der Waals surface area (Å²) >= 11 is 3.50. The minimum absolute atomic E-state index is 0.162. The van der Waals surface area contributed by atoms with Gasteiger partial charge in [0.15, 0.2) is 0 Å². The normalized spacial score (nSPS) is 27.4. The largest absolute Gasteiger partial charge is 0.456 e. The topological polar surface area (TPSA) is 47.6 Å². The van der Waals surface area contributed by atoms with Gasteiger partial charge in [-0.3, -0.25) is 0 Å². The molecule has 0 aromatic heterocycles. The minimum Gasteiger partial charge on any atom is -0.456 e. The molecule has 84 valence electrons. The van der Waals surface area contributed by atoms with Crippen LogP contribution in [0, 0.1) is 0 Å². The molecule has 0 saturated carbocycles. The van der Waals surface area contributed by atoms with E-state index in [0.717, 1.165) is 23.7 Å². The molecule has 1 aliphatic carbocycles. The standard InChI is InChI=1S/C12H13BrN2O/c13-10-2-1-9-6-12(4-3-8(9)5-10)7-15-11(14)16-12/h1-2,5H,3-4,6-7H2,(H2,14,15). The average Bonchev–Trinajstić information content (AvgIpc) is 2.61. The Balaban J connectivity index is 1.90. The summed E-state index contributed by atoms with van der Waals surface area (Å²) in [7, 11) is 0. The van der Waals surface area contributed by atoms with Crippen molar-refractivity contribution in [3.05, 3.63) is 33.8 Å². The smallest absolute Gasteiger partial charge is 0.282 e. The lowest BCUT2D eigenvalue weighted by Crippen LogP contribution is -2.40. The third kappa shape index (κ3) is 1.61. The van der Waals surface area contributed by atoms with E-state index < -0.39 is 0 Å². The molecule has 16 heavy (non-hydrogen) atoms. The maximum Gasteiger partial charge on any atom is 0.282 e. The highest BCUT2D eigenvalue weighted by Crippen LogP contribution is 2.35. The second kappa shape index (κ2) is 3.48. The Morgan fingerprint density at radius 2 is 2.25 bits per heavy atom. The molecule has 3 nitrogen and oxygen atoms in total. The molecule has 0 radical (unpaired) electrons. The Hall–Kier alpha value is -1.03. The molecular formula is C12H13BrN2O. The molecule has 2 N–H and O–H groups in total. The highest BCUT2D eigenvalue weighted by molar-refractivity contribution is 9.10. The zero-order valence-corrected chi connectivity index (χ0v) is 10.5. The van der Waals surface area contributed by atoms with Crippen LogP contribution in [0.3, 0.4) is 0 Å². The van der Waals surface area contributed by atoms with Crippen LogP contribution in [0.4, 0.5) is 0 Å². The van der Waals surface area contributed by atoms with Gasteiger partial charge in [0.05, 0.1) is 6.54 Å². The van der Waals surface area contributed by atoms with Gasteiger partial charge in [0.1, 0.15) is 5.60 Å². The molecule has 1 heterocycles. The van der Waals surface area contributed by atoms with Crippen LogP contribution in [0.15, 0.2) is 27.7 Å². The average molecular weight is 281 g/mol. The van der Waals surface area contributed by atoms with Crippen LogP contribution in [0.2, 0.25) is 0 Å². The van der Waals surface area contributed by atoms with Crippen LogP contribution in [0.5, 0.6) is 0 Å². The maximum absolute atomic E-state index is 5.69. The highest BCUT2D eigenvalue weighted by Gasteiger charge is 2.40. The van der Waals surface area contributed by atoms with E-state index in [-0.39, 0.29) is 5.60 Å². The Labute approximate surface area is 103 Å². The fraction of sp³-hybridized carbons (Fsp3) is 0.417. The molecule has 0 amide bonds. The van der Waals surface area contributed by atoms with E-state index in [2.05, 4.69) is 39.1 Å². The lowest BCUT2D eigenvalue weighted by molar-refractivity contribution is 0.0703. The van der Waals surface area contributed by atoms with Crippen molar-refractivity contribution in [1.82, 2.24) is 0 Å². The fourth-order valence-corrected chi connectivity index (χ4v) is 2.94. The SMILES string of the molecule is NC1=NCC2(CCc3cc(Br)ccc3C2)O1. The van der Waals surface area contributed by atoms with E-state index >= 15 is 0 Å². The number of halogens is 1. The van der Waals surface area contributed by atoms with Gasteiger partial charge in [-0.2, -0.15) is 0 Å². The Bertz CT molecular complexity index is 472. The van der Waals surface area contributed by atoms with Crippen LogP contribution in [-0.2, 0) is 17.6 Å². The van der Waals surface area contributed by atoms with E-state index in [9.17, 15) is 0 Å². The Morgan fingerprint density at radius 3 is 3.00 bits per heavy atom. The molecule has 1 unspecified atom stereocenters. The summed E-state index contributed by atoms with van der Waals surface area (Å²) in [6, 6.07) is 6.79. The van der Waals surface area contributed by atoms with Crippen molar-refractivity contribution in [3.63, 3.8) is 0 Å². The Kier molecular flexibility index (Phi) is 2.21. The summed E-state index contributed by atoms with van der Waals surface area (Å²) in [5, 5.41) is 0. The van der Waals surface area contributed by atoms with E-state index in [0.29, 0.717) is 12.6 Å². The first kappa shape index (κ1) is 10.1. The summed E-state index contributed by atoms with van der Waals surface area (Å²) in [5.41, 5.74) is 8.21. The molecule has 1 aromatic carbocycles. The number of hydrogen-bond acceptors (Lipinski definition) is 3. The number of fused-ring (bicyclic) bond motifs is 1. The number of amidine groups is 1. The predicted molar refractivity (Wildman–Crippen MR) is 66.5 cm³/mol. The van der Waals surface area contributed by atoms with Crippen molar-refractivity contribution >= 4 is 22.0 Å². The number of aryl methyl sites for hydroxylation is 1. The van der Waals surface area contributed by atoms with Gasteiger partial charge >= 0.3 is 0 Å². The molecule has 1 aromatic rings. The van der Waals surface area contributed by atoms with Crippen molar-refractivity contribution in [2.75, 3.05) is 6.54 Å². The second-order valence-electron chi connectivity index (χ2n) is 4.53. The molecule has 1 aliphatic heterocycles. The number of nitrogens with two attached hydrogens (primary N) is 1. The third-order valence-corrected chi connectivity index (χ3v) is 3.87. The van der Waals surface area contributed by atoms with Crippen molar-refractivity contribution in [2.45, 2.75) is 24.9 Å². The number of aliphatic imine (C=N–C) groups is 1. The fourth-order valence-electron chi connectivity index (χ4n) is 2.53. The molecule has 4 heteroatoms. The number of nitrogens with zero attached hydrogens (tertiary/aromatic N) is 1.